The minimum atomic E-state index is -0.0377. The summed E-state index contributed by atoms with van der Waals surface area (Å²) in [6.07, 6.45) is 1.63. The number of hydrogen-bond donors (Lipinski definition) is 1. The van der Waals surface area contributed by atoms with Gasteiger partial charge in [0.25, 0.3) is 0 Å². The van der Waals surface area contributed by atoms with Crippen molar-refractivity contribution in [3.05, 3.63) is 75.2 Å². The zero-order valence-corrected chi connectivity index (χ0v) is 18.1. The molecule has 29 heavy (non-hydrogen) atoms. The summed E-state index contributed by atoms with van der Waals surface area (Å²) < 4.78 is 0. The number of hydrogen-bond acceptors (Lipinski definition) is 2. The molecule has 1 fully saturated rings. The van der Waals surface area contributed by atoms with Crippen molar-refractivity contribution in [2.45, 2.75) is 19.4 Å². The molecule has 3 aromatic carbocycles. The minimum Gasteiger partial charge on any atom is -0.324 e. The Labute approximate surface area is 185 Å². The molecule has 0 aliphatic carbocycles. The molecule has 3 aromatic rings. The van der Waals surface area contributed by atoms with Gasteiger partial charge in [-0.1, -0.05) is 77.3 Å². The Balaban J connectivity index is 1.37. The number of rotatable bonds is 4. The van der Waals surface area contributed by atoms with Gasteiger partial charge in [0.15, 0.2) is 0 Å². The molecule has 0 spiro atoms. The molecule has 1 N–H and O–H groups in total. The van der Waals surface area contributed by atoms with Crippen molar-refractivity contribution in [1.29, 1.82) is 0 Å². The van der Waals surface area contributed by atoms with E-state index in [2.05, 4.69) is 52.7 Å². The molecule has 150 valence electrons. The summed E-state index contributed by atoms with van der Waals surface area (Å²) in [4.78, 5) is 15.1. The van der Waals surface area contributed by atoms with Gasteiger partial charge in [0, 0.05) is 12.5 Å². The first-order chi connectivity index (χ1) is 14.0. The highest BCUT2D eigenvalue weighted by Gasteiger charge is 2.26. The van der Waals surface area contributed by atoms with Crippen molar-refractivity contribution in [2.75, 3.05) is 18.4 Å². The molecule has 0 atom stereocenters. The summed E-state index contributed by atoms with van der Waals surface area (Å²) in [5, 5.41) is 6.59. The Bertz CT molecular complexity index is 1040. The second kappa shape index (κ2) is 8.93. The van der Waals surface area contributed by atoms with E-state index in [1.54, 1.807) is 12.1 Å². The highest BCUT2D eigenvalue weighted by Crippen LogP contribution is 2.33. The van der Waals surface area contributed by atoms with Crippen LogP contribution in [-0.2, 0) is 11.3 Å². The third-order valence-electron chi connectivity index (χ3n) is 5.50. The van der Waals surface area contributed by atoms with Gasteiger partial charge >= 0.3 is 0 Å². The van der Waals surface area contributed by atoms with E-state index in [0.717, 1.165) is 32.5 Å². The molecular formula is C23H21Cl3N2O. The Morgan fingerprint density at radius 1 is 0.931 bits per heavy atom. The predicted octanol–water partition coefficient (Wildman–Crippen LogP) is 6.65. The van der Waals surface area contributed by atoms with E-state index in [9.17, 15) is 4.79 Å². The third-order valence-corrected chi connectivity index (χ3v) is 6.53. The fourth-order valence-corrected chi connectivity index (χ4v) is 4.47. The number of piperidine rings is 1. The summed E-state index contributed by atoms with van der Waals surface area (Å²) in [5.41, 5.74) is 1.83. The lowest BCUT2D eigenvalue weighted by atomic mass is 9.95. The summed E-state index contributed by atoms with van der Waals surface area (Å²) >= 11 is 18.2. The number of fused-ring (bicyclic) bond motifs is 1. The van der Waals surface area contributed by atoms with Crippen LogP contribution >= 0.6 is 34.8 Å². The van der Waals surface area contributed by atoms with Crippen LogP contribution in [0.25, 0.3) is 10.8 Å². The standard InChI is InChI=1S/C23H21Cl3N2O/c24-19-12-21(26)22(13-20(19)25)27-23(29)16-8-10-28(11-9-16)14-17-6-3-5-15-4-1-2-7-18(15)17/h1-7,12-13,16H,8-11,14H2,(H,27,29). The minimum absolute atomic E-state index is 0.0184. The lowest BCUT2D eigenvalue weighted by Crippen LogP contribution is -2.37. The van der Waals surface area contributed by atoms with Crippen molar-refractivity contribution < 1.29 is 4.79 Å². The molecule has 3 nitrogen and oxygen atoms in total. The number of carbonyl (C=O) groups excluding carboxylic acids is 1. The van der Waals surface area contributed by atoms with Crippen LogP contribution in [0, 0.1) is 5.92 Å². The second-order valence-corrected chi connectivity index (χ2v) is 8.65. The lowest BCUT2D eigenvalue weighted by Gasteiger charge is -2.31. The SMILES string of the molecule is O=C(Nc1cc(Cl)c(Cl)cc1Cl)C1CCN(Cc2cccc3ccccc23)CC1. The Hall–Kier alpha value is -1.78. The number of nitrogens with zero attached hydrogens (tertiary/aromatic N) is 1. The van der Waals surface area contributed by atoms with Crippen LogP contribution in [0.3, 0.4) is 0 Å². The van der Waals surface area contributed by atoms with Gasteiger partial charge in [0.05, 0.1) is 20.8 Å². The van der Waals surface area contributed by atoms with Crippen LogP contribution in [0.15, 0.2) is 54.6 Å². The fourth-order valence-electron chi connectivity index (χ4n) is 3.88. The van der Waals surface area contributed by atoms with Crippen molar-refractivity contribution in [3.8, 4) is 0 Å². The average molecular weight is 448 g/mol. The molecule has 0 aromatic heterocycles. The van der Waals surface area contributed by atoms with Gasteiger partial charge < -0.3 is 5.32 Å². The molecule has 1 heterocycles. The van der Waals surface area contributed by atoms with Gasteiger partial charge in [-0.3, -0.25) is 9.69 Å². The molecule has 0 saturated carbocycles. The van der Waals surface area contributed by atoms with Gasteiger partial charge in [-0.15, -0.1) is 0 Å². The maximum atomic E-state index is 12.7. The Kier molecular flexibility index (Phi) is 6.31. The second-order valence-electron chi connectivity index (χ2n) is 7.42. The summed E-state index contributed by atoms with van der Waals surface area (Å²) in [6, 6.07) is 18.0. The van der Waals surface area contributed by atoms with E-state index in [1.165, 1.54) is 16.3 Å². The smallest absolute Gasteiger partial charge is 0.227 e. The largest absolute Gasteiger partial charge is 0.324 e. The molecule has 1 aliphatic rings. The number of benzene rings is 3. The summed E-state index contributed by atoms with van der Waals surface area (Å²) in [7, 11) is 0. The molecule has 1 saturated heterocycles. The maximum Gasteiger partial charge on any atom is 0.227 e. The highest BCUT2D eigenvalue weighted by atomic mass is 35.5. The Morgan fingerprint density at radius 2 is 1.62 bits per heavy atom. The quantitative estimate of drug-likeness (QED) is 0.454. The molecule has 1 amide bonds. The molecule has 6 heteroatoms. The van der Waals surface area contributed by atoms with Crippen LogP contribution in [0.5, 0.6) is 0 Å². The van der Waals surface area contributed by atoms with E-state index >= 15 is 0 Å². The molecule has 0 radical (unpaired) electrons. The third kappa shape index (κ3) is 4.70. The molecule has 0 unspecified atom stereocenters. The van der Waals surface area contributed by atoms with Crippen LogP contribution in [0.4, 0.5) is 5.69 Å². The number of likely N-dealkylation sites (tertiary alicyclic amines) is 1. The fraction of sp³-hybridized carbons (Fsp3) is 0.261. The van der Waals surface area contributed by atoms with Crippen LogP contribution in [0.1, 0.15) is 18.4 Å². The van der Waals surface area contributed by atoms with Gasteiger partial charge in [0.1, 0.15) is 0 Å². The number of nitrogens with one attached hydrogen (secondary N) is 1. The van der Waals surface area contributed by atoms with Gasteiger partial charge in [-0.05, 0) is 54.4 Å². The Morgan fingerprint density at radius 3 is 2.41 bits per heavy atom. The lowest BCUT2D eigenvalue weighted by molar-refractivity contribution is -0.121. The number of amides is 1. The normalized spacial score (nSPS) is 15.6. The van der Waals surface area contributed by atoms with Gasteiger partial charge in [-0.2, -0.15) is 0 Å². The van der Waals surface area contributed by atoms with Crippen LogP contribution in [0.2, 0.25) is 15.1 Å². The first-order valence-corrected chi connectivity index (χ1v) is 10.8. The number of halogens is 3. The van der Waals surface area contributed by atoms with Crippen LogP contribution < -0.4 is 5.32 Å². The van der Waals surface area contributed by atoms with Crippen LogP contribution in [-0.4, -0.2) is 23.9 Å². The number of carbonyl (C=O) groups is 1. The van der Waals surface area contributed by atoms with Crippen molar-refractivity contribution in [1.82, 2.24) is 4.90 Å². The molecule has 4 rings (SSSR count). The van der Waals surface area contributed by atoms with E-state index < -0.39 is 0 Å². The molecule has 0 bridgehead atoms. The summed E-state index contributed by atoms with van der Waals surface area (Å²) in [6.45, 7) is 2.67. The summed E-state index contributed by atoms with van der Waals surface area (Å²) in [5.74, 6) is -0.0561. The van der Waals surface area contributed by atoms with Crippen molar-refractivity contribution in [2.24, 2.45) is 5.92 Å². The van der Waals surface area contributed by atoms with E-state index in [0.29, 0.717) is 20.8 Å². The van der Waals surface area contributed by atoms with Gasteiger partial charge in [-0.25, -0.2) is 0 Å². The van der Waals surface area contributed by atoms with E-state index in [-0.39, 0.29) is 11.8 Å². The van der Waals surface area contributed by atoms with Gasteiger partial charge in [0.2, 0.25) is 5.91 Å². The molecular weight excluding hydrogens is 427 g/mol. The highest BCUT2D eigenvalue weighted by molar-refractivity contribution is 6.44. The first kappa shape index (κ1) is 20.5. The average Bonchev–Trinajstić information content (AvgIpc) is 2.73. The van der Waals surface area contributed by atoms with E-state index in [4.69, 9.17) is 34.8 Å². The zero-order valence-electron chi connectivity index (χ0n) is 15.8. The number of anilines is 1. The maximum absolute atomic E-state index is 12.7. The zero-order chi connectivity index (χ0) is 20.4. The molecule has 1 aliphatic heterocycles. The van der Waals surface area contributed by atoms with Crippen molar-refractivity contribution >= 4 is 57.2 Å². The predicted molar refractivity (Wildman–Crippen MR) is 122 cm³/mol. The van der Waals surface area contributed by atoms with Crippen molar-refractivity contribution in [3.63, 3.8) is 0 Å². The monoisotopic (exact) mass is 446 g/mol. The topological polar surface area (TPSA) is 32.3 Å². The van der Waals surface area contributed by atoms with E-state index in [1.807, 2.05) is 0 Å². The first-order valence-electron chi connectivity index (χ1n) is 9.65.